The fraction of sp³-hybridized carbons (Fsp3) is 0.316. The van der Waals surface area contributed by atoms with E-state index in [4.69, 9.17) is 4.99 Å². The Balaban J connectivity index is 0.00000169. The maximum absolute atomic E-state index is 10.7. The van der Waals surface area contributed by atoms with Crippen LogP contribution in [0.5, 0.6) is 0 Å². The summed E-state index contributed by atoms with van der Waals surface area (Å²) in [5.74, 6) is 0.976. The van der Waals surface area contributed by atoms with Gasteiger partial charge in [-0.2, -0.15) is 0 Å². The van der Waals surface area contributed by atoms with E-state index in [0.717, 1.165) is 36.7 Å². The van der Waals surface area contributed by atoms with Gasteiger partial charge in [-0.1, -0.05) is 42.0 Å². The number of aliphatic hydroxyl groups excluding tert-OH is 1. The first-order valence-electron chi connectivity index (χ1n) is 8.17. The van der Waals surface area contributed by atoms with Crippen LogP contribution in [-0.2, 0) is 0 Å². The van der Waals surface area contributed by atoms with Gasteiger partial charge in [0, 0.05) is 13.1 Å². The van der Waals surface area contributed by atoms with Gasteiger partial charge in [-0.05, 0) is 31.0 Å². The second kappa shape index (κ2) is 6.83. The molecule has 0 amide bonds. The lowest BCUT2D eigenvalue weighted by atomic mass is 10.1. The molecule has 2 aliphatic heterocycles. The molecule has 0 saturated heterocycles. The molecule has 0 aromatic heterocycles. The molecule has 2 aromatic carbocycles. The van der Waals surface area contributed by atoms with Gasteiger partial charge in [-0.3, -0.25) is 4.99 Å². The molecule has 2 heterocycles. The second-order valence-electron chi connectivity index (χ2n) is 6.21. The molecule has 4 rings (SSSR count). The Hall–Kier alpha value is -2.04. The number of nitrogens with zero attached hydrogens (tertiary/aromatic N) is 3. The Bertz CT molecular complexity index is 745. The van der Waals surface area contributed by atoms with E-state index in [9.17, 15) is 5.11 Å². The van der Waals surface area contributed by atoms with Gasteiger partial charge in [-0.15, -0.1) is 0 Å². The fourth-order valence-corrected chi connectivity index (χ4v) is 3.33. The van der Waals surface area contributed by atoms with Gasteiger partial charge in [0.05, 0.1) is 24.0 Å². The van der Waals surface area contributed by atoms with Gasteiger partial charge >= 0.3 is 0 Å². The normalized spacial score (nSPS) is 16.8. The number of rotatable bonds is 3. The second-order valence-corrected chi connectivity index (χ2v) is 6.21. The van der Waals surface area contributed by atoms with Crippen LogP contribution in [0.2, 0.25) is 0 Å². The van der Waals surface area contributed by atoms with Crippen molar-refractivity contribution in [1.82, 2.24) is 0 Å². The van der Waals surface area contributed by atoms with Crippen molar-refractivity contribution in [3.63, 3.8) is 0 Å². The van der Waals surface area contributed by atoms with E-state index in [2.05, 4.69) is 34.9 Å². The number of hydrogen-bond donors (Lipinski definition) is 1. The summed E-state index contributed by atoms with van der Waals surface area (Å²) in [5, 5.41) is 10.7. The number of fused-ring (bicyclic) bond motifs is 3. The Labute approximate surface area is 148 Å². The zero-order valence-corrected chi connectivity index (χ0v) is 14.4. The molecule has 4 nitrogen and oxygen atoms in total. The largest absolute Gasteiger partial charge is 1.00 e. The summed E-state index contributed by atoms with van der Waals surface area (Å²) >= 11 is 0. The smallest absolute Gasteiger partial charge is 0.205 e. The summed E-state index contributed by atoms with van der Waals surface area (Å²) < 4.78 is 0. The third kappa shape index (κ3) is 2.87. The first-order chi connectivity index (χ1) is 11.2. The third-order valence-electron chi connectivity index (χ3n) is 4.56. The SMILES string of the molecule is Cc1ccc(C(O)CN2C3=NCCCN3c3ccccc32)cc1.[Cl-]. The average molecular weight is 343 g/mol. The maximum Gasteiger partial charge on any atom is 0.205 e. The van der Waals surface area contributed by atoms with Gasteiger partial charge in [-0.25, -0.2) is 0 Å². The quantitative estimate of drug-likeness (QED) is 0.861. The van der Waals surface area contributed by atoms with Crippen molar-refractivity contribution in [2.45, 2.75) is 19.4 Å². The predicted octanol–water partition coefficient (Wildman–Crippen LogP) is 0.119. The molecule has 0 saturated carbocycles. The van der Waals surface area contributed by atoms with E-state index in [0.29, 0.717) is 6.54 Å². The zero-order valence-electron chi connectivity index (χ0n) is 13.7. The van der Waals surface area contributed by atoms with Crippen LogP contribution in [0.4, 0.5) is 11.4 Å². The van der Waals surface area contributed by atoms with Crippen LogP contribution in [0, 0.1) is 6.92 Å². The van der Waals surface area contributed by atoms with Crippen LogP contribution < -0.4 is 22.2 Å². The molecule has 24 heavy (non-hydrogen) atoms. The fourth-order valence-electron chi connectivity index (χ4n) is 3.33. The van der Waals surface area contributed by atoms with Crippen molar-refractivity contribution in [3.8, 4) is 0 Å². The molecule has 0 radical (unpaired) electrons. The summed E-state index contributed by atoms with van der Waals surface area (Å²) in [4.78, 5) is 9.12. The maximum atomic E-state index is 10.7. The summed E-state index contributed by atoms with van der Waals surface area (Å²) in [6, 6.07) is 16.4. The van der Waals surface area contributed by atoms with E-state index in [1.54, 1.807) is 0 Å². The van der Waals surface area contributed by atoms with E-state index in [1.807, 2.05) is 30.3 Å². The molecule has 0 spiro atoms. The number of aryl methyl sites for hydroxylation is 1. The molecular weight excluding hydrogens is 322 g/mol. The molecule has 0 fully saturated rings. The monoisotopic (exact) mass is 342 g/mol. The van der Waals surface area contributed by atoms with E-state index in [1.165, 1.54) is 11.3 Å². The first-order valence-corrected chi connectivity index (χ1v) is 8.17. The molecule has 2 aliphatic rings. The number of β-amino-alcohol motifs (C(OH)–C–C–N with tert-alkyl or cyclic N) is 1. The standard InChI is InChI=1S/C19H21N3O.ClH/c1-14-7-9-15(10-8-14)18(23)13-22-17-6-3-2-5-16(17)21-12-4-11-20-19(21)22;/h2-3,5-10,18,23H,4,11-13H2,1H3;1H/p-1. The molecule has 1 atom stereocenters. The molecule has 2 aromatic rings. The highest BCUT2D eigenvalue weighted by atomic mass is 35.5. The minimum atomic E-state index is -0.534. The molecule has 0 aliphatic carbocycles. The predicted molar refractivity (Wildman–Crippen MR) is 94.2 cm³/mol. The van der Waals surface area contributed by atoms with Crippen molar-refractivity contribution < 1.29 is 17.5 Å². The third-order valence-corrected chi connectivity index (χ3v) is 4.56. The highest BCUT2D eigenvalue weighted by Gasteiger charge is 2.34. The molecule has 0 bridgehead atoms. The minimum Gasteiger partial charge on any atom is -1.00 e. The van der Waals surface area contributed by atoms with E-state index >= 15 is 0 Å². The van der Waals surface area contributed by atoms with Crippen LogP contribution in [0.1, 0.15) is 23.7 Å². The van der Waals surface area contributed by atoms with Gasteiger partial charge < -0.3 is 27.3 Å². The Morgan fingerprint density at radius 3 is 2.54 bits per heavy atom. The number of aliphatic hydroxyl groups is 1. The van der Waals surface area contributed by atoms with Gasteiger partial charge in [0.1, 0.15) is 0 Å². The van der Waals surface area contributed by atoms with Gasteiger partial charge in [0.25, 0.3) is 0 Å². The lowest BCUT2D eigenvalue weighted by Gasteiger charge is -2.28. The van der Waals surface area contributed by atoms with Crippen LogP contribution in [-0.4, -0.2) is 30.7 Å². The molecule has 1 unspecified atom stereocenters. The Morgan fingerprint density at radius 1 is 1.08 bits per heavy atom. The molecule has 126 valence electrons. The average Bonchev–Trinajstić information content (AvgIpc) is 2.90. The topological polar surface area (TPSA) is 39.1 Å². The van der Waals surface area contributed by atoms with Crippen molar-refractivity contribution in [3.05, 3.63) is 59.7 Å². The molecule has 1 N–H and O–H groups in total. The van der Waals surface area contributed by atoms with Crippen molar-refractivity contribution in [2.24, 2.45) is 4.99 Å². The summed E-state index contributed by atoms with van der Waals surface area (Å²) in [6.07, 6.45) is 0.542. The van der Waals surface area contributed by atoms with Gasteiger partial charge in [0.15, 0.2) is 0 Å². The number of hydrogen-bond acceptors (Lipinski definition) is 4. The van der Waals surface area contributed by atoms with Crippen LogP contribution in [0.25, 0.3) is 0 Å². The lowest BCUT2D eigenvalue weighted by molar-refractivity contribution is -0.00000628. The number of halogens is 1. The molecule has 5 heteroatoms. The summed E-state index contributed by atoms with van der Waals surface area (Å²) in [6.45, 7) is 4.43. The number of guanidine groups is 1. The minimum absolute atomic E-state index is 0. The van der Waals surface area contributed by atoms with Crippen LogP contribution >= 0.6 is 0 Å². The first kappa shape index (κ1) is 16.8. The highest BCUT2D eigenvalue weighted by Crippen LogP contribution is 2.39. The number of anilines is 2. The number of para-hydroxylation sites is 2. The Morgan fingerprint density at radius 2 is 1.79 bits per heavy atom. The van der Waals surface area contributed by atoms with E-state index in [-0.39, 0.29) is 12.4 Å². The summed E-state index contributed by atoms with van der Waals surface area (Å²) in [7, 11) is 0. The number of aliphatic imine (C=N–C) groups is 1. The van der Waals surface area contributed by atoms with Crippen LogP contribution in [0.15, 0.2) is 53.5 Å². The van der Waals surface area contributed by atoms with Crippen molar-refractivity contribution in [2.75, 3.05) is 29.4 Å². The highest BCUT2D eigenvalue weighted by molar-refractivity contribution is 6.16. The van der Waals surface area contributed by atoms with Gasteiger partial charge in [0.2, 0.25) is 5.96 Å². The Kier molecular flexibility index (Phi) is 4.78. The molecular formula is C19H21ClN3O-. The van der Waals surface area contributed by atoms with Crippen LogP contribution in [0.3, 0.4) is 0 Å². The summed E-state index contributed by atoms with van der Waals surface area (Å²) in [5.41, 5.74) is 4.49. The lowest BCUT2D eigenvalue weighted by Crippen LogP contribution is -3.00. The zero-order chi connectivity index (χ0) is 15.8. The van der Waals surface area contributed by atoms with Crippen molar-refractivity contribution in [1.29, 1.82) is 0 Å². The number of benzene rings is 2. The van der Waals surface area contributed by atoms with Crippen molar-refractivity contribution >= 4 is 17.3 Å². The van der Waals surface area contributed by atoms with E-state index < -0.39 is 6.10 Å².